The van der Waals surface area contributed by atoms with Gasteiger partial charge in [0.15, 0.2) is 0 Å². The van der Waals surface area contributed by atoms with Crippen LogP contribution in [0.15, 0.2) is 30.5 Å². The van der Waals surface area contributed by atoms with Crippen LogP contribution in [0.5, 0.6) is 0 Å². The number of nitrogens with zero attached hydrogens (tertiary/aromatic N) is 3. The molecule has 24 heavy (non-hydrogen) atoms. The molecule has 0 radical (unpaired) electrons. The number of aromatic nitrogens is 2. The Hall–Kier alpha value is -2.28. The lowest BCUT2D eigenvalue weighted by Gasteiger charge is -2.36. The van der Waals surface area contributed by atoms with E-state index in [0.717, 1.165) is 11.1 Å². The second-order valence-corrected chi connectivity index (χ2v) is 6.14. The number of hydrogen-bond donors (Lipinski definition) is 1. The zero-order chi connectivity index (χ0) is 17.3. The van der Waals surface area contributed by atoms with Crippen molar-refractivity contribution in [3.8, 4) is 0 Å². The first-order valence-electron chi connectivity index (χ1n) is 7.77. The first-order valence-corrected chi connectivity index (χ1v) is 7.77. The molecule has 1 aromatic heterocycles. The van der Waals surface area contributed by atoms with E-state index in [9.17, 15) is 18.7 Å². The average Bonchev–Trinajstić information content (AvgIpc) is 2.88. The van der Waals surface area contributed by atoms with Crippen molar-refractivity contribution in [2.75, 3.05) is 0 Å². The predicted octanol–water partition coefficient (Wildman–Crippen LogP) is 2.76. The van der Waals surface area contributed by atoms with Gasteiger partial charge in [-0.1, -0.05) is 24.3 Å². The largest absolute Gasteiger partial charge is 0.481 e. The van der Waals surface area contributed by atoms with Crippen molar-refractivity contribution in [2.45, 2.75) is 38.4 Å². The van der Waals surface area contributed by atoms with Crippen LogP contribution in [0, 0.1) is 0 Å². The van der Waals surface area contributed by atoms with Crippen molar-refractivity contribution in [1.82, 2.24) is 14.7 Å². The van der Waals surface area contributed by atoms with Gasteiger partial charge in [-0.3, -0.25) is 14.4 Å². The number of hydrogen-bond acceptors (Lipinski definition) is 3. The molecule has 0 unspecified atom stereocenters. The van der Waals surface area contributed by atoms with Crippen LogP contribution in [0.1, 0.15) is 35.2 Å². The molecule has 2 aromatic rings. The normalized spacial score (nSPS) is 17.9. The third kappa shape index (κ3) is 3.46. The number of rotatable bonds is 5. The molecule has 0 spiro atoms. The Balaban J connectivity index is 1.88. The number of aryl methyl sites for hydroxylation is 1. The van der Waals surface area contributed by atoms with Crippen molar-refractivity contribution in [3.63, 3.8) is 0 Å². The number of halogens is 2. The van der Waals surface area contributed by atoms with Crippen molar-refractivity contribution >= 4 is 5.97 Å². The molecule has 5 nitrogen and oxygen atoms in total. The Morgan fingerprint density at radius 1 is 1.38 bits per heavy atom. The smallest absolute Gasteiger partial charge is 0.304 e. The molecule has 0 aliphatic carbocycles. The molecule has 2 heterocycles. The summed E-state index contributed by atoms with van der Waals surface area (Å²) in [6, 6.07) is 7.64. The highest BCUT2D eigenvalue weighted by molar-refractivity contribution is 5.67. The number of carboxylic acid groups (broad SMARTS) is 1. The molecule has 0 amide bonds. The van der Waals surface area contributed by atoms with E-state index in [-0.39, 0.29) is 24.7 Å². The number of carbonyl (C=O) groups is 1. The lowest BCUT2D eigenvalue weighted by Crippen LogP contribution is -2.41. The van der Waals surface area contributed by atoms with Crippen LogP contribution in [0.25, 0.3) is 0 Å². The Labute approximate surface area is 138 Å². The van der Waals surface area contributed by atoms with E-state index < -0.39 is 12.4 Å². The molecule has 1 aromatic carbocycles. The summed E-state index contributed by atoms with van der Waals surface area (Å²) in [5.41, 5.74) is 2.45. The first-order chi connectivity index (χ1) is 11.4. The van der Waals surface area contributed by atoms with Gasteiger partial charge in [0.05, 0.1) is 6.42 Å². The van der Waals surface area contributed by atoms with Gasteiger partial charge in [0.1, 0.15) is 5.69 Å². The zero-order valence-electron chi connectivity index (χ0n) is 13.3. The molecule has 7 heteroatoms. The summed E-state index contributed by atoms with van der Waals surface area (Å²) in [5, 5.41) is 13.0. The summed E-state index contributed by atoms with van der Waals surface area (Å²) in [6.45, 7) is 0.811. The minimum atomic E-state index is -2.64. The molecule has 0 bridgehead atoms. The fourth-order valence-electron chi connectivity index (χ4n) is 3.31. The van der Waals surface area contributed by atoms with E-state index in [1.807, 2.05) is 29.2 Å². The Morgan fingerprint density at radius 3 is 2.75 bits per heavy atom. The standard InChI is InChI=1S/C17H19F2N3O2/c1-21-8-13(16(20-21)17(18)19)10-22-9-12-5-3-2-4-11(12)6-14(22)7-15(23)24/h2-5,8,14,17H,6-7,9-10H2,1H3,(H,23,24)/t14-/m0/s1. The fraction of sp³-hybridized carbons (Fsp3) is 0.412. The summed E-state index contributed by atoms with van der Waals surface area (Å²) in [5.74, 6) is -0.885. The summed E-state index contributed by atoms with van der Waals surface area (Å²) >= 11 is 0. The topological polar surface area (TPSA) is 58.4 Å². The molecule has 0 saturated carbocycles. The maximum atomic E-state index is 13.2. The minimum Gasteiger partial charge on any atom is -0.481 e. The average molecular weight is 335 g/mol. The van der Waals surface area contributed by atoms with E-state index in [4.69, 9.17) is 0 Å². The highest BCUT2D eigenvalue weighted by Gasteiger charge is 2.29. The van der Waals surface area contributed by atoms with Crippen molar-refractivity contribution in [1.29, 1.82) is 0 Å². The summed E-state index contributed by atoms with van der Waals surface area (Å²) in [7, 11) is 1.61. The van der Waals surface area contributed by atoms with Gasteiger partial charge < -0.3 is 5.11 Å². The van der Waals surface area contributed by atoms with Gasteiger partial charge in [-0.25, -0.2) is 8.78 Å². The molecule has 128 valence electrons. The lowest BCUT2D eigenvalue weighted by atomic mass is 9.92. The second kappa shape index (κ2) is 6.68. The second-order valence-electron chi connectivity index (χ2n) is 6.14. The molecule has 0 fully saturated rings. The van der Waals surface area contributed by atoms with Gasteiger partial charge in [0.2, 0.25) is 0 Å². The van der Waals surface area contributed by atoms with Gasteiger partial charge in [0, 0.05) is 37.9 Å². The van der Waals surface area contributed by atoms with E-state index in [1.165, 1.54) is 4.68 Å². The lowest BCUT2D eigenvalue weighted by molar-refractivity contribution is -0.138. The molecule has 1 aliphatic rings. The van der Waals surface area contributed by atoms with Crippen LogP contribution in [0.4, 0.5) is 8.78 Å². The van der Waals surface area contributed by atoms with E-state index in [2.05, 4.69) is 5.10 Å². The van der Waals surface area contributed by atoms with Gasteiger partial charge in [-0.05, 0) is 17.5 Å². The van der Waals surface area contributed by atoms with Gasteiger partial charge in [0.25, 0.3) is 6.43 Å². The van der Waals surface area contributed by atoms with Crippen molar-refractivity contribution < 1.29 is 18.7 Å². The SMILES string of the molecule is Cn1cc(CN2Cc3ccccc3C[C@H]2CC(=O)O)c(C(F)F)n1. The fourth-order valence-corrected chi connectivity index (χ4v) is 3.31. The summed E-state index contributed by atoms with van der Waals surface area (Å²) in [6.07, 6.45) is -0.471. The molecule has 0 saturated heterocycles. The monoisotopic (exact) mass is 335 g/mol. The quantitative estimate of drug-likeness (QED) is 0.913. The van der Waals surface area contributed by atoms with Gasteiger partial charge in [-0.2, -0.15) is 5.10 Å². The molecule has 1 aliphatic heterocycles. The number of carboxylic acids is 1. The number of benzene rings is 1. The van der Waals surface area contributed by atoms with Crippen LogP contribution in [-0.2, 0) is 31.4 Å². The molecule has 3 rings (SSSR count). The zero-order valence-corrected chi connectivity index (χ0v) is 13.3. The molecule has 1 N–H and O–H groups in total. The van der Waals surface area contributed by atoms with Gasteiger partial charge in [-0.15, -0.1) is 0 Å². The van der Waals surface area contributed by atoms with Gasteiger partial charge >= 0.3 is 5.97 Å². The van der Waals surface area contributed by atoms with Crippen LogP contribution in [0.2, 0.25) is 0 Å². The summed E-state index contributed by atoms with van der Waals surface area (Å²) in [4.78, 5) is 13.2. The third-order valence-electron chi connectivity index (χ3n) is 4.39. The van der Waals surface area contributed by atoms with Crippen LogP contribution in [0.3, 0.4) is 0 Å². The summed E-state index contributed by atoms with van der Waals surface area (Å²) < 4.78 is 27.7. The molecule has 1 atom stereocenters. The highest BCUT2D eigenvalue weighted by Crippen LogP contribution is 2.29. The number of aliphatic carboxylic acids is 1. The maximum Gasteiger partial charge on any atom is 0.304 e. The predicted molar refractivity (Wildman–Crippen MR) is 83.6 cm³/mol. The maximum absolute atomic E-state index is 13.2. The van der Waals surface area contributed by atoms with Crippen molar-refractivity contribution in [2.24, 2.45) is 7.05 Å². The van der Waals surface area contributed by atoms with E-state index >= 15 is 0 Å². The molecular weight excluding hydrogens is 316 g/mol. The minimum absolute atomic E-state index is 0.0153. The molecular formula is C17H19F2N3O2. The Morgan fingerprint density at radius 2 is 2.08 bits per heavy atom. The van der Waals surface area contributed by atoms with Crippen LogP contribution in [-0.4, -0.2) is 31.8 Å². The van der Waals surface area contributed by atoms with E-state index in [1.54, 1.807) is 13.2 Å². The third-order valence-corrected chi connectivity index (χ3v) is 4.39. The number of alkyl halides is 2. The van der Waals surface area contributed by atoms with E-state index in [0.29, 0.717) is 18.5 Å². The first kappa shape index (κ1) is 16.6. The number of fused-ring (bicyclic) bond motifs is 1. The van der Waals surface area contributed by atoms with Crippen LogP contribution < -0.4 is 0 Å². The van der Waals surface area contributed by atoms with Crippen molar-refractivity contribution in [3.05, 3.63) is 52.8 Å². The highest BCUT2D eigenvalue weighted by atomic mass is 19.3. The van der Waals surface area contributed by atoms with Crippen LogP contribution >= 0.6 is 0 Å². The Bertz CT molecular complexity index is 745. The Kier molecular flexibility index (Phi) is 4.62.